The molecule has 0 aliphatic heterocycles. The summed E-state index contributed by atoms with van der Waals surface area (Å²) in [7, 11) is 0. The van der Waals surface area contributed by atoms with Gasteiger partial charge in [0.25, 0.3) is 5.91 Å². The number of aliphatic carboxylic acids is 1. The van der Waals surface area contributed by atoms with Crippen LogP contribution in [0.25, 0.3) is 0 Å². The number of carbonyl (C=O) groups excluding carboxylic acids is 2. The second kappa shape index (κ2) is 6.32. The zero-order valence-electron chi connectivity index (χ0n) is 9.65. The molecule has 0 unspecified atom stereocenters. The van der Waals surface area contributed by atoms with Gasteiger partial charge in [-0.2, -0.15) is 13.2 Å². The number of rotatable bonds is 5. The Kier molecular flexibility index (Phi) is 5.02. The minimum absolute atomic E-state index is 0.485. The Morgan fingerprint density at radius 1 is 1.25 bits per heavy atom. The van der Waals surface area contributed by atoms with Crippen molar-refractivity contribution in [3.8, 4) is 0 Å². The van der Waals surface area contributed by atoms with Crippen LogP contribution < -0.4 is 10.6 Å². The minimum atomic E-state index is -4.77. The van der Waals surface area contributed by atoms with E-state index < -0.39 is 47.6 Å². The normalized spacial score (nSPS) is 10.9. The molecule has 1 aromatic rings. The molecule has 0 spiro atoms. The Hall–Kier alpha value is -2.17. The highest BCUT2D eigenvalue weighted by molar-refractivity contribution is 7.11. The first-order valence-corrected chi connectivity index (χ1v) is 5.87. The molecular formula is C9H8F3N3O4S. The van der Waals surface area contributed by atoms with Crippen molar-refractivity contribution in [3.63, 3.8) is 0 Å². The number of carbonyl (C=O) groups is 3. The molecule has 0 aliphatic carbocycles. The first kappa shape index (κ1) is 15.9. The van der Waals surface area contributed by atoms with Crippen LogP contribution in [0, 0.1) is 0 Å². The quantitative estimate of drug-likeness (QED) is 0.714. The van der Waals surface area contributed by atoms with E-state index in [0.717, 1.165) is 5.51 Å². The zero-order chi connectivity index (χ0) is 15.3. The van der Waals surface area contributed by atoms with Crippen molar-refractivity contribution in [2.45, 2.75) is 6.18 Å². The van der Waals surface area contributed by atoms with Gasteiger partial charge >= 0.3 is 12.1 Å². The van der Waals surface area contributed by atoms with Crippen LogP contribution in [-0.4, -0.2) is 41.0 Å². The van der Waals surface area contributed by atoms with Gasteiger partial charge in [-0.25, -0.2) is 4.98 Å². The van der Waals surface area contributed by atoms with Gasteiger partial charge in [-0.1, -0.05) is 0 Å². The summed E-state index contributed by atoms with van der Waals surface area (Å²) in [6.07, 6.45) is -4.77. The summed E-state index contributed by atoms with van der Waals surface area (Å²) in [6.45, 7) is -1.29. The molecule has 0 aliphatic rings. The second-order valence-electron chi connectivity index (χ2n) is 3.38. The third kappa shape index (κ3) is 4.50. The van der Waals surface area contributed by atoms with Crippen molar-refractivity contribution in [1.29, 1.82) is 0 Å². The van der Waals surface area contributed by atoms with Gasteiger partial charge in [0.2, 0.25) is 5.91 Å². The van der Waals surface area contributed by atoms with Gasteiger partial charge in [0.1, 0.15) is 11.4 Å². The van der Waals surface area contributed by atoms with Gasteiger partial charge in [-0.15, -0.1) is 11.3 Å². The number of halogens is 3. The van der Waals surface area contributed by atoms with Crippen molar-refractivity contribution >= 4 is 29.1 Å². The Morgan fingerprint density at radius 2 is 1.90 bits per heavy atom. The molecule has 20 heavy (non-hydrogen) atoms. The predicted octanol–water partition coefficient (Wildman–Crippen LogP) is 0.0925. The van der Waals surface area contributed by atoms with Gasteiger partial charge in [-0.3, -0.25) is 14.4 Å². The third-order valence-electron chi connectivity index (χ3n) is 1.89. The average Bonchev–Trinajstić information content (AvgIpc) is 2.82. The van der Waals surface area contributed by atoms with Crippen LogP contribution in [0.15, 0.2) is 5.51 Å². The van der Waals surface area contributed by atoms with Gasteiger partial charge in [-0.05, 0) is 0 Å². The Morgan fingerprint density at radius 3 is 2.45 bits per heavy atom. The van der Waals surface area contributed by atoms with E-state index in [-0.39, 0.29) is 0 Å². The van der Waals surface area contributed by atoms with Crippen LogP contribution >= 0.6 is 11.3 Å². The average molecular weight is 311 g/mol. The van der Waals surface area contributed by atoms with Crippen LogP contribution in [0.2, 0.25) is 0 Å². The summed E-state index contributed by atoms with van der Waals surface area (Å²) >= 11 is 0.485. The lowest BCUT2D eigenvalue weighted by atomic mass is 10.3. The number of amides is 2. The molecule has 0 atom stereocenters. The maximum Gasteiger partial charge on any atom is 0.434 e. The molecule has 3 N–H and O–H groups in total. The molecule has 1 rings (SSSR count). The molecule has 2 amide bonds. The molecular weight excluding hydrogens is 303 g/mol. The number of alkyl halides is 3. The van der Waals surface area contributed by atoms with Crippen molar-refractivity contribution in [1.82, 2.24) is 15.6 Å². The van der Waals surface area contributed by atoms with Gasteiger partial charge < -0.3 is 15.7 Å². The standard InChI is InChI=1S/C9H8F3N3O4S/c10-9(11,12)7-6(20-3-15-7)8(19)14-1-4(16)13-2-5(17)18/h3H,1-2H2,(H,13,16)(H,14,19)(H,17,18). The van der Waals surface area contributed by atoms with E-state index >= 15 is 0 Å². The SMILES string of the molecule is O=C(O)CNC(=O)CNC(=O)c1scnc1C(F)(F)F. The van der Waals surface area contributed by atoms with Crippen LogP contribution in [0.3, 0.4) is 0 Å². The fourth-order valence-electron chi connectivity index (χ4n) is 1.09. The zero-order valence-corrected chi connectivity index (χ0v) is 10.5. The van der Waals surface area contributed by atoms with Gasteiger partial charge in [0.15, 0.2) is 5.69 Å². The number of aromatic nitrogens is 1. The summed E-state index contributed by atoms with van der Waals surface area (Å²) in [4.78, 5) is 35.1. The number of hydrogen-bond acceptors (Lipinski definition) is 5. The Labute approximate surface area is 113 Å². The largest absolute Gasteiger partial charge is 0.480 e. The summed E-state index contributed by atoms with van der Waals surface area (Å²) in [5, 5.41) is 12.2. The van der Waals surface area contributed by atoms with E-state index in [1.165, 1.54) is 0 Å². The summed E-state index contributed by atoms with van der Waals surface area (Å²) in [5.41, 5.74) is -0.465. The molecule has 0 aromatic carbocycles. The highest BCUT2D eigenvalue weighted by atomic mass is 32.1. The number of nitrogens with zero attached hydrogens (tertiary/aromatic N) is 1. The molecule has 1 aromatic heterocycles. The lowest BCUT2D eigenvalue weighted by Gasteiger charge is -2.07. The van der Waals surface area contributed by atoms with E-state index in [0.29, 0.717) is 11.3 Å². The monoisotopic (exact) mass is 311 g/mol. The number of hydrogen-bond donors (Lipinski definition) is 3. The maximum absolute atomic E-state index is 12.5. The van der Waals surface area contributed by atoms with Gasteiger partial charge in [0.05, 0.1) is 12.1 Å². The first-order chi connectivity index (χ1) is 9.21. The van der Waals surface area contributed by atoms with E-state index in [1.807, 2.05) is 10.6 Å². The molecule has 110 valence electrons. The van der Waals surface area contributed by atoms with E-state index in [1.54, 1.807) is 0 Å². The number of thiazole rings is 1. The van der Waals surface area contributed by atoms with Crippen LogP contribution in [0.4, 0.5) is 13.2 Å². The lowest BCUT2D eigenvalue weighted by Crippen LogP contribution is -2.39. The maximum atomic E-state index is 12.5. The lowest BCUT2D eigenvalue weighted by molar-refractivity contribution is -0.141. The second-order valence-corrected chi connectivity index (χ2v) is 4.24. The number of nitrogens with one attached hydrogen (secondary N) is 2. The molecule has 0 fully saturated rings. The fourth-order valence-corrected chi connectivity index (χ4v) is 1.81. The third-order valence-corrected chi connectivity index (χ3v) is 2.71. The Bertz CT molecular complexity index is 529. The molecule has 0 bridgehead atoms. The highest BCUT2D eigenvalue weighted by Gasteiger charge is 2.38. The van der Waals surface area contributed by atoms with Crippen molar-refractivity contribution < 1.29 is 32.7 Å². The van der Waals surface area contributed by atoms with Crippen LogP contribution in [0.1, 0.15) is 15.4 Å². The van der Waals surface area contributed by atoms with E-state index in [2.05, 4.69) is 4.98 Å². The van der Waals surface area contributed by atoms with Crippen molar-refractivity contribution in [3.05, 3.63) is 16.1 Å². The van der Waals surface area contributed by atoms with Crippen molar-refractivity contribution in [2.24, 2.45) is 0 Å². The highest BCUT2D eigenvalue weighted by Crippen LogP contribution is 2.32. The first-order valence-electron chi connectivity index (χ1n) is 4.99. The number of carboxylic acids is 1. The van der Waals surface area contributed by atoms with E-state index in [4.69, 9.17) is 5.11 Å². The molecule has 0 radical (unpaired) electrons. The molecule has 1 heterocycles. The fraction of sp³-hybridized carbons (Fsp3) is 0.333. The van der Waals surface area contributed by atoms with Crippen molar-refractivity contribution in [2.75, 3.05) is 13.1 Å². The predicted molar refractivity (Wildman–Crippen MR) is 60.1 cm³/mol. The molecule has 0 saturated heterocycles. The molecule has 7 nitrogen and oxygen atoms in total. The topological polar surface area (TPSA) is 108 Å². The minimum Gasteiger partial charge on any atom is -0.480 e. The summed E-state index contributed by atoms with van der Waals surface area (Å²) < 4.78 is 37.4. The van der Waals surface area contributed by atoms with Crippen LogP contribution in [-0.2, 0) is 15.8 Å². The van der Waals surface area contributed by atoms with E-state index in [9.17, 15) is 27.6 Å². The summed E-state index contributed by atoms with van der Waals surface area (Å²) in [5.74, 6) is -3.23. The molecule has 11 heteroatoms. The Balaban J connectivity index is 2.58. The number of carboxylic acid groups (broad SMARTS) is 1. The molecule has 0 saturated carbocycles. The summed E-state index contributed by atoms with van der Waals surface area (Å²) in [6, 6.07) is 0. The van der Waals surface area contributed by atoms with Crippen LogP contribution in [0.5, 0.6) is 0 Å². The smallest absolute Gasteiger partial charge is 0.434 e. The van der Waals surface area contributed by atoms with Gasteiger partial charge in [0, 0.05) is 0 Å².